The van der Waals surface area contributed by atoms with Gasteiger partial charge in [0.2, 0.25) is 6.41 Å². The van der Waals surface area contributed by atoms with Crippen LogP contribution in [0.2, 0.25) is 0 Å². The number of aliphatic hydroxyl groups excluding tert-OH is 1. The van der Waals surface area contributed by atoms with E-state index in [1.807, 2.05) is 0 Å². The Bertz CT molecular complexity index is 1090. The van der Waals surface area contributed by atoms with Gasteiger partial charge in [-0.3, -0.25) is 9.59 Å². The first-order chi connectivity index (χ1) is 17.5. The maximum absolute atomic E-state index is 13.5. The molecular formula is C25H28F4N4O4. The number of aliphatic hydroxyl groups is 1. The summed E-state index contributed by atoms with van der Waals surface area (Å²) in [6.45, 7) is 3.13. The lowest BCUT2D eigenvalue weighted by molar-refractivity contribution is -0.137. The van der Waals surface area contributed by atoms with Gasteiger partial charge in [0, 0.05) is 33.8 Å². The average Bonchev–Trinajstić information content (AvgIpc) is 2.88. The van der Waals surface area contributed by atoms with E-state index in [-0.39, 0.29) is 50.1 Å². The predicted octanol–water partition coefficient (Wildman–Crippen LogP) is 3.48. The molecule has 2 aromatic carbocycles. The highest BCUT2D eigenvalue weighted by Gasteiger charge is 2.30. The van der Waals surface area contributed by atoms with E-state index in [4.69, 9.17) is 9.84 Å². The average molecular weight is 525 g/mol. The highest BCUT2D eigenvalue weighted by Crippen LogP contribution is 2.30. The first kappa shape index (κ1) is 29.3. The number of benzene rings is 2. The van der Waals surface area contributed by atoms with Gasteiger partial charge < -0.3 is 24.5 Å². The lowest BCUT2D eigenvalue weighted by atomic mass is 10.2. The van der Waals surface area contributed by atoms with Gasteiger partial charge in [0.1, 0.15) is 17.3 Å². The quantitative estimate of drug-likeness (QED) is 0.143. The largest absolute Gasteiger partial charge is 0.473 e. The molecule has 0 saturated heterocycles. The highest BCUT2D eigenvalue weighted by molar-refractivity contribution is 5.93. The lowest BCUT2D eigenvalue weighted by Crippen LogP contribution is -2.41. The van der Waals surface area contributed by atoms with Crippen LogP contribution in [0, 0.1) is 5.82 Å². The van der Waals surface area contributed by atoms with Crippen LogP contribution in [-0.2, 0) is 22.3 Å². The summed E-state index contributed by atoms with van der Waals surface area (Å²) in [6, 6.07) is 9.44. The Morgan fingerprint density at radius 3 is 2.24 bits per heavy atom. The minimum atomic E-state index is -4.52. The zero-order chi connectivity index (χ0) is 27.6. The van der Waals surface area contributed by atoms with Crippen LogP contribution in [0.25, 0.3) is 0 Å². The van der Waals surface area contributed by atoms with E-state index in [2.05, 4.69) is 11.7 Å². The van der Waals surface area contributed by atoms with Crippen LogP contribution in [0.4, 0.5) is 17.6 Å². The van der Waals surface area contributed by atoms with Gasteiger partial charge in [-0.2, -0.15) is 13.2 Å². The molecule has 0 atom stereocenters. The Morgan fingerprint density at radius 1 is 1.11 bits per heavy atom. The van der Waals surface area contributed by atoms with Crippen molar-refractivity contribution < 1.29 is 37.0 Å². The first-order valence-electron chi connectivity index (χ1n) is 11.1. The van der Waals surface area contributed by atoms with Crippen molar-refractivity contribution in [3.8, 4) is 5.75 Å². The van der Waals surface area contributed by atoms with Crippen LogP contribution in [-0.4, -0.2) is 72.8 Å². The molecule has 0 heterocycles. The molecule has 1 N–H and O–H groups in total. The van der Waals surface area contributed by atoms with Gasteiger partial charge in [-0.15, -0.1) is 0 Å². The second-order valence-corrected chi connectivity index (χ2v) is 7.97. The molecule has 8 nitrogen and oxygen atoms in total. The summed E-state index contributed by atoms with van der Waals surface area (Å²) < 4.78 is 57.9. The number of amides is 2. The topological polar surface area (TPSA) is 85.7 Å². The second kappa shape index (κ2) is 13.4. The molecule has 0 unspecified atom stereocenters. The molecule has 0 spiro atoms. The van der Waals surface area contributed by atoms with Gasteiger partial charge >= 0.3 is 6.18 Å². The smallest absolute Gasteiger partial charge is 0.416 e. The molecule has 12 heteroatoms. The van der Waals surface area contributed by atoms with Crippen molar-refractivity contribution in [2.45, 2.75) is 19.1 Å². The highest BCUT2D eigenvalue weighted by atomic mass is 19.4. The van der Waals surface area contributed by atoms with E-state index in [9.17, 15) is 27.2 Å². The summed E-state index contributed by atoms with van der Waals surface area (Å²) in [4.78, 5) is 32.7. The number of alkyl halides is 3. The summed E-state index contributed by atoms with van der Waals surface area (Å²) in [5.74, 6) is -1.06. The number of rotatable bonds is 13. The molecule has 200 valence electrons. The molecule has 2 amide bonds. The van der Waals surface area contributed by atoms with E-state index < -0.39 is 23.5 Å². The van der Waals surface area contributed by atoms with E-state index in [1.165, 1.54) is 48.2 Å². The fourth-order valence-electron chi connectivity index (χ4n) is 3.26. The van der Waals surface area contributed by atoms with Crippen molar-refractivity contribution >= 4 is 19.0 Å². The predicted molar refractivity (Wildman–Crippen MR) is 129 cm³/mol. The van der Waals surface area contributed by atoms with Crippen molar-refractivity contribution in [2.75, 3.05) is 34.0 Å². The van der Waals surface area contributed by atoms with E-state index >= 15 is 0 Å². The van der Waals surface area contributed by atoms with Crippen LogP contribution in [0.15, 0.2) is 65.0 Å². The van der Waals surface area contributed by atoms with Crippen LogP contribution in [0.1, 0.15) is 17.5 Å². The van der Waals surface area contributed by atoms with Gasteiger partial charge in [0.25, 0.3) is 5.91 Å². The fourth-order valence-corrected chi connectivity index (χ4v) is 3.26. The molecule has 0 aliphatic heterocycles. The number of carbonyl (C=O) groups excluding carboxylic acids is 2. The zero-order valence-corrected chi connectivity index (χ0v) is 20.4. The Kier molecular flexibility index (Phi) is 10.6. The third kappa shape index (κ3) is 8.31. The number of hydrogen-bond acceptors (Lipinski definition) is 6. The summed E-state index contributed by atoms with van der Waals surface area (Å²) in [6.07, 6.45) is -3.80. The molecule has 0 radical (unpaired) electrons. The third-order valence-corrected chi connectivity index (χ3v) is 5.23. The minimum absolute atomic E-state index is 0.0124. The maximum atomic E-state index is 13.5. The van der Waals surface area contributed by atoms with Crippen LogP contribution in [0.5, 0.6) is 5.75 Å². The van der Waals surface area contributed by atoms with Crippen molar-refractivity contribution in [1.82, 2.24) is 14.7 Å². The lowest BCUT2D eigenvalue weighted by Gasteiger charge is -2.31. The molecule has 0 bridgehead atoms. The summed E-state index contributed by atoms with van der Waals surface area (Å²) >= 11 is 0. The molecule has 0 saturated carbocycles. The molecule has 2 aromatic rings. The second-order valence-electron chi connectivity index (χ2n) is 7.97. The molecule has 37 heavy (non-hydrogen) atoms. The summed E-state index contributed by atoms with van der Waals surface area (Å²) in [7, 11) is 2.86. The van der Waals surface area contributed by atoms with E-state index in [0.29, 0.717) is 12.0 Å². The molecular weight excluding hydrogens is 496 g/mol. The van der Waals surface area contributed by atoms with Crippen molar-refractivity contribution in [2.24, 2.45) is 4.99 Å². The number of aliphatic imine (C=N–C) groups is 1. The van der Waals surface area contributed by atoms with E-state index in [0.717, 1.165) is 29.2 Å². The zero-order valence-electron chi connectivity index (χ0n) is 20.4. The molecule has 0 aromatic heterocycles. The van der Waals surface area contributed by atoms with Crippen molar-refractivity contribution in [3.63, 3.8) is 0 Å². The van der Waals surface area contributed by atoms with Gasteiger partial charge in [-0.1, -0.05) is 12.1 Å². The van der Waals surface area contributed by atoms with Gasteiger partial charge in [-0.05, 0) is 55.1 Å². The summed E-state index contributed by atoms with van der Waals surface area (Å²) in [5.41, 5.74) is -0.380. The number of halogens is 4. The summed E-state index contributed by atoms with van der Waals surface area (Å²) in [5, 5.41) is 9.16. The van der Waals surface area contributed by atoms with E-state index in [1.54, 1.807) is 0 Å². The Hall–Kier alpha value is -3.93. The van der Waals surface area contributed by atoms with Crippen LogP contribution in [0.3, 0.4) is 0 Å². The van der Waals surface area contributed by atoms with Crippen LogP contribution < -0.4 is 4.74 Å². The van der Waals surface area contributed by atoms with Crippen molar-refractivity contribution in [1.29, 1.82) is 0 Å². The SMILES string of the molecule is C=N/C(=C(/C(=O)N(C)CCCO)N(COc1ccc(C(F)(F)F)cc1)Cc1ccc(F)cc1)N(C)C=O. The molecule has 0 aliphatic rings. The van der Waals surface area contributed by atoms with Gasteiger partial charge in [-0.25, -0.2) is 9.38 Å². The normalized spacial score (nSPS) is 11.9. The molecule has 2 rings (SSSR count). The number of nitrogens with zero attached hydrogens (tertiary/aromatic N) is 4. The van der Waals surface area contributed by atoms with Gasteiger partial charge in [0.15, 0.2) is 12.6 Å². The standard InChI is InChI=1S/C25H28F4N4O4/c1-30-23(32(3)16-35)22(24(36)31(2)13-4-14-34)33(15-18-5-9-20(26)10-6-18)17-37-21-11-7-19(8-12-21)25(27,28)29/h5-12,16,34H,1,4,13-15,17H2,2-3H3/b23-22+. The maximum Gasteiger partial charge on any atom is 0.416 e. The first-order valence-corrected chi connectivity index (χ1v) is 11.1. The van der Waals surface area contributed by atoms with Gasteiger partial charge in [0.05, 0.1) is 5.56 Å². The Balaban J connectivity index is 2.51. The molecule has 0 fully saturated rings. The minimum Gasteiger partial charge on any atom is -0.473 e. The molecule has 0 aliphatic carbocycles. The Morgan fingerprint density at radius 2 is 1.73 bits per heavy atom. The van der Waals surface area contributed by atoms with Crippen LogP contribution >= 0.6 is 0 Å². The third-order valence-electron chi connectivity index (χ3n) is 5.23. The monoisotopic (exact) mass is 524 g/mol. The number of likely N-dealkylation sites (N-methyl/N-ethyl adjacent to an activating group) is 1. The Labute approximate surface area is 212 Å². The van der Waals surface area contributed by atoms with Crippen molar-refractivity contribution in [3.05, 3.63) is 77.0 Å². The number of ether oxygens (including phenoxy) is 1. The number of carbonyl (C=O) groups is 2. The number of hydrogen-bond donors (Lipinski definition) is 1. The fraction of sp³-hybridized carbons (Fsp3) is 0.320.